The van der Waals surface area contributed by atoms with E-state index in [4.69, 9.17) is 10.8 Å². The SMILES string of the molecule is C=CC(=O)NC1CC(n2nc(-c3cnc(Nc4ccccc4)nc3)c3c(N)nccc32)C1. The molecule has 1 aliphatic rings. The van der Waals surface area contributed by atoms with Gasteiger partial charge in [0.15, 0.2) is 0 Å². The standard InChI is InChI=1S/C23H22N8O/c1-2-19(32)28-16-10-17(11-16)31-18-8-9-25-22(24)20(18)21(30-31)14-12-26-23(27-13-14)29-15-6-4-3-5-7-15/h2-9,12-13,16-17H,1,10-11H2,(H2,24,25)(H,28,32)(H,26,27,29). The number of pyridine rings is 1. The Balaban J connectivity index is 1.43. The second-order valence-corrected chi connectivity index (χ2v) is 7.70. The van der Waals surface area contributed by atoms with E-state index in [1.165, 1.54) is 6.08 Å². The first-order chi connectivity index (χ1) is 15.6. The van der Waals surface area contributed by atoms with Gasteiger partial charge in [-0.1, -0.05) is 24.8 Å². The third-order valence-electron chi connectivity index (χ3n) is 5.60. The highest BCUT2D eigenvalue weighted by Gasteiger charge is 2.33. The molecule has 3 aromatic heterocycles. The monoisotopic (exact) mass is 426 g/mol. The molecule has 0 unspecified atom stereocenters. The number of hydrogen-bond acceptors (Lipinski definition) is 7. The van der Waals surface area contributed by atoms with Crippen LogP contribution in [0, 0.1) is 0 Å². The van der Waals surface area contributed by atoms with E-state index < -0.39 is 0 Å². The molecule has 4 aromatic rings. The summed E-state index contributed by atoms with van der Waals surface area (Å²) in [5, 5.41) is 11.7. The van der Waals surface area contributed by atoms with Gasteiger partial charge in [0.25, 0.3) is 0 Å². The largest absolute Gasteiger partial charge is 0.383 e. The predicted molar refractivity (Wildman–Crippen MR) is 123 cm³/mol. The van der Waals surface area contributed by atoms with Gasteiger partial charge >= 0.3 is 0 Å². The first-order valence-corrected chi connectivity index (χ1v) is 10.3. The maximum atomic E-state index is 11.6. The molecule has 1 aliphatic carbocycles. The van der Waals surface area contributed by atoms with Crippen LogP contribution in [-0.4, -0.2) is 36.7 Å². The predicted octanol–water partition coefficient (Wildman–Crippen LogP) is 3.22. The van der Waals surface area contributed by atoms with E-state index in [-0.39, 0.29) is 18.0 Å². The summed E-state index contributed by atoms with van der Waals surface area (Å²) in [5.74, 6) is 0.745. The number of carbonyl (C=O) groups excluding carboxylic acids is 1. The minimum Gasteiger partial charge on any atom is -0.383 e. The molecule has 0 spiro atoms. The molecule has 5 rings (SSSR count). The molecule has 0 aliphatic heterocycles. The van der Waals surface area contributed by atoms with Crippen molar-refractivity contribution in [2.45, 2.75) is 24.9 Å². The summed E-state index contributed by atoms with van der Waals surface area (Å²) in [6.07, 6.45) is 7.99. The van der Waals surface area contributed by atoms with E-state index in [0.717, 1.165) is 35.0 Å². The molecule has 1 saturated carbocycles. The van der Waals surface area contributed by atoms with E-state index >= 15 is 0 Å². The van der Waals surface area contributed by atoms with Crippen LogP contribution in [0.3, 0.4) is 0 Å². The van der Waals surface area contributed by atoms with Crippen molar-refractivity contribution in [3.8, 4) is 11.3 Å². The first-order valence-electron chi connectivity index (χ1n) is 10.3. The van der Waals surface area contributed by atoms with Gasteiger partial charge in [-0.05, 0) is 37.1 Å². The van der Waals surface area contributed by atoms with Crippen molar-refractivity contribution in [1.29, 1.82) is 0 Å². The van der Waals surface area contributed by atoms with Crippen molar-refractivity contribution in [2.24, 2.45) is 0 Å². The number of para-hydroxylation sites is 1. The average molecular weight is 426 g/mol. The quantitative estimate of drug-likeness (QED) is 0.404. The van der Waals surface area contributed by atoms with Gasteiger partial charge in [0.1, 0.15) is 11.5 Å². The summed E-state index contributed by atoms with van der Waals surface area (Å²) in [7, 11) is 0. The molecule has 3 heterocycles. The Morgan fingerprint density at radius 1 is 1.12 bits per heavy atom. The maximum absolute atomic E-state index is 11.6. The summed E-state index contributed by atoms with van der Waals surface area (Å²) in [6.45, 7) is 3.50. The Morgan fingerprint density at radius 3 is 2.59 bits per heavy atom. The molecule has 0 atom stereocenters. The number of aromatic nitrogens is 5. The van der Waals surface area contributed by atoms with Crippen LogP contribution in [0.15, 0.2) is 67.6 Å². The highest BCUT2D eigenvalue weighted by Crippen LogP contribution is 2.38. The fourth-order valence-electron chi connectivity index (χ4n) is 3.92. The minimum atomic E-state index is -0.158. The highest BCUT2D eigenvalue weighted by molar-refractivity contribution is 6.00. The lowest BCUT2D eigenvalue weighted by atomic mass is 9.86. The zero-order valence-corrected chi connectivity index (χ0v) is 17.3. The zero-order valence-electron chi connectivity index (χ0n) is 17.3. The molecular weight excluding hydrogens is 404 g/mol. The lowest BCUT2D eigenvalue weighted by Crippen LogP contribution is -2.44. The first kappa shape index (κ1) is 19.7. The van der Waals surface area contributed by atoms with Crippen LogP contribution in [0.2, 0.25) is 0 Å². The van der Waals surface area contributed by atoms with Crippen molar-refractivity contribution in [3.05, 3.63) is 67.6 Å². The van der Waals surface area contributed by atoms with Crippen LogP contribution in [0.25, 0.3) is 22.2 Å². The molecule has 1 fully saturated rings. The fourth-order valence-corrected chi connectivity index (χ4v) is 3.92. The van der Waals surface area contributed by atoms with Gasteiger partial charge in [0.05, 0.1) is 16.9 Å². The number of nitrogens with two attached hydrogens (primary N) is 1. The van der Waals surface area contributed by atoms with Crippen LogP contribution < -0.4 is 16.4 Å². The molecule has 1 amide bonds. The second-order valence-electron chi connectivity index (χ2n) is 7.70. The van der Waals surface area contributed by atoms with E-state index in [1.807, 2.05) is 41.1 Å². The lowest BCUT2D eigenvalue weighted by molar-refractivity contribution is -0.117. The number of nitrogen functional groups attached to an aromatic ring is 1. The highest BCUT2D eigenvalue weighted by atomic mass is 16.1. The molecule has 4 N–H and O–H groups in total. The van der Waals surface area contributed by atoms with E-state index in [2.05, 4.69) is 32.2 Å². The van der Waals surface area contributed by atoms with Crippen molar-refractivity contribution in [1.82, 2.24) is 30.0 Å². The van der Waals surface area contributed by atoms with E-state index in [9.17, 15) is 4.79 Å². The van der Waals surface area contributed by atoms with Crippen molar-refractivity contribution in [3.63, 3.8) is 0 Å². The molecule has 0 saturated heterocycles. The number of benzene rings is 1. The number of nitrogens with one attached hydrogen (secondary N) is 2. The van der Waals surface area contributed by atoms with Crippen LogP contribution in [0.5, 0.6) is 0 Å². The second kappa shape index (κ2) is 8.10. The van der Waals surface area contributed by atoms with Crippen molar-refractivity contribution < 1.29 is 4.79 Å². The van der Waals surface area contributed by atoms with Gasteiger partial charge in [-0.3, -0.25) is 9.48 Å². The van der Waals surface area contributed by atoms with E-state index in [0.29, 0.717) is 17.5 Å². The van der Waals surface area contributed by atoms with Crippen molar-refractivity contribution in [2.75, 3.05) is 11.1 Å². The summed E-state index contributed by atoms with van der Waals surface area (Å²) in [6, 6.07) is 11.9. The Labute approximate surface area is 184 Å². The summed E-state index contributed by atoms with van der Waals surface area (Å²) in [5.41, 5.74) is 9.48. The third kappa shape index (κ3) is 3.64. The topological polar surface area (TPSA) is 124 Å². The number of amides is 1. The normalized spacial score (nSPS) is 17.5. The number of rotatable bonds is 6. The molecule has 9 heteroatoms. The Kier molecular flexibility index (Phi) is 4.98. The number of carbonyl (C=O) groups is 1. The molecular formula is C23H22N8O. The van der Waals surface area contributed by atoms with Gasteiger partial charge in [-0.2, -0.15) is 5.10 Å². The zero-order chi connectivity index (χ0) is 22.1. The van der Waals surface area contributed by atoms with Gasteiger partial charge < -0.3 is 16.4 Å². The molecule has 32 heavy (non-hydrogen) atoms. The molecule has 9 nitrogen and oxygen atoms in total. The number of hydrogen-bond donors (Lipinski definition) is 3. The van der Waals surface area contributed by atoms with Crippen LogP contribution in [0.4, 0.5) is 17.5 Å². The molecule has 0 radical (unpaired) electrons. The molecule has 0 bridgehead atoms. The van der Waals surface area contributed by atoms with Crippen LogP contribution in [0.1, 0.15) is 18.9 Å². The minimum absolute atomic E-state index is 0.110. The fraction of sp³-hybridized carbons (Fsp3) is 0.174. The smallest absolute Gasteiger partial charge is 0.243 e. The van der Waals surface area contributed by atoms with E-state index in [1.54, 1.807) is 18.6 Å². The van der Waals surface area contributed by atoms with Crippen molar-refractivity contribution >= 4 is 34.3 Å². The van der Waals surface area contributed by atoms with Gasteiger partial charge in [-0.25, -0.2) is 15.0 Å². The molecule has 1 aromatic carbocycles. The number of nitrogens with zero attached hydrogens (tertiary/aromatic N) is 5. The average Bonchev–Trinajstić information content (AvgIpc) is 3.17. The third-order valence-corrected chi connectivity index (χ3v) is 5.60. The van der Waals surface area contributed by atoms with Gasteiger partial charge in [0.2, 0.25) is 11.9 Å². The van der Waals surface area contributed by atoms with Crippen LogP contribution >= 0.6 is 0 Å². The number of anilines is 3. The Hall–Kier alpha value is -4.27. The molecule has 160 valence electrons. The van der Waals surface area contributed by atoms with Gasteiger partial charge in [-0.15, -0.1) is 0 Å². The summed E-state index contributed by atoms with van der Waals surface area (Å²) >= 11 is 0. The lowest BCUT2D eigenvalue weighted by Gasteiger charge is -2.36. The summed E-state index contributed by atoms with van der Waals surface area (Å²) in [4.78, 5) is 24.7. The van der Waals surface area contributed by atoms with Crippen LogP contribution in [-0.2, 0) is 4.79 Å². The summed E-state index contributed by atoms with van der Waals surface area (Å²) < 4.78 is 1.97. The number of fused-ring (bicyclic) bond motifs is 1. The maximum Gasteiger partial charge on any atom is 0.243 e. The Bertz CT molecular complexity index is 1280. The Morgan fingerprint density at radius 2 is 1.88 bits per heavy atom. The van der Waals surface area contributed by atoms with Gasteiger partial charge in [0, 0.05) is 35.9 Å².